The standard InChI is InChI=1S/C18H26N2O3.ClH/c1-12-5-3-4-6-15(12)17-10-20(13(2)11-22-17)18(21)16-8-7-14(9-19)23-16;/h3-6,13-14,16-17H,7-11,19H2,1-2H3;1H/t13?,14-,16+,17?;/m1./s1. The van der Waals surface area contributed by atoms with Crippen LogP contribution in [0.3, 0.4) is 0 Å². The van der Waals surface area contributed by atoms with Gasteiger partial charge in [-0.2, -0.15) is 0 Å². The maximum atomic E-state index is 12.8. The second-order valence-corrected chi connectivity index (χ2v) is 6.58. The van der Waals surface area contributed by atoms with E-state index in [4.69, 9.17) is 15.2 Å². The zero-order valence-corrected chi connectivity index (χ0v) is 15.1. The fraction of sp³-hybridized carbons (Fsp3) is 0.611. The molecule has 0 saturated carbocycles. The van der Waals surface area contributed by atoms with Crippen molar-refractivity contribution in [2.24, 2.45) is 5.73 Å². The van der Waals surface area contributed by atoms with E-state index in [1.807, 2.05) is 24.0 Å². The van der Waals surface area contributed by atoms with Crippen molar-refractivity contribution >= 4 is 18.3 Å². The Hall–Kier alpha value is -1.14. The minimum Gasteiger partial charge on any atom is -0.370 e. The van der Waals surface area contributed by atoms with Crippen LogP contribution in [0.15, 0.2) is 24.3 Å². The molecule has 2 saturated heterocycles. The van der Waals surface area contributed by atoms with E-state index in [2.05, 4.69) is 19.1 Å². The number of nitrogens with two attached hydrogens (primary N) is 1. The van der Waals surface area contributed by atoms with Gasteiger partial charge in [-0.25, -0.2) is 0 Å². The van der Waals surface area contributed by atoms with Crippen LogP contribution in [0.1, 0.15) is 37.0 Å². The van der Waals surface area contributed by atoms with Gasteiger partial charge in [-0.1, -0.05) is 24.3 Å². The molecular formula is C18H27ClN2O3. The maximum Gasteiger partial charge on any atom is 0.252 e. The number of morpholine rings is 1. The predicted molar refractivity (Wildman–Crippen MR) is 95.2 cm³/mol. The predicted octanol–water partition coefficient (Wildman–Crippen LogP) is 2.21. The van der Waals surface area contributed by atoms with Crippen molar-refractivity contribution < 1.29 is 14.3 Å². The minimum atomic E-state index is -0.346. The third-order valence-corrected chi connectivity index (χ3v) is 4.90. The Kier molecular flexibility index (Phi) is 6.63. The van der Waals surface area contributed by atoms with Crippen LogP contribution in [0.25, 0.3) is 0 Å². The zero-order chi connectivity index (χ0) is 16.4. The van der Waals surface area contributed by atoms with E-state index in [0.29, 0.717) is 19.7 Å². The van der Waals surface area contributed by atoms with Gasteiger partial charge in [0.25, 0.3) is 5.91 Å². The molecule has 0 aromatic heterocycles. The first-order valence-electron chi connectivity index (χ1n) is 8.43. The van der Waals surface area contributed by atoms with Gasteiger partial charge < -0.3 is 20.1 Å². The van der Waals surface area contributed by atoms with Gasteiger partial charge in [-0.3, -0.25) is 4.79 Å². The summed E-state index contributed by atoms with van der Waals surface area (Å²) < 4.78 is 11.8. The summed E-state index contributed by atoms with van der Waals surface area (Å²) in [5.74, 6) is 0.0790. The molecule has 134 valence electrons. The van der Waals surface area contributed by atoms with E-state index in [9.17, 15) is 4.79 Å². The number of ether oxygens (including phenoxy) is 2. The molecule has 0 radical (unpaired) electrons. The number of carbonyl (C=O) groups excluding carboxylic acids is 1. The molecule has 2 unspecified atom stereocenters. The average molecular weight is 355 g/mol. The SMILES string of the molecule is Cc1ccccc1C1CN(C(=O)[C@@H]2CC[C@H](CN)O2)C(C)CO1.Cl. The number of aryl methyl sites for hydroxylation is 1. The fourth-order valence-corrected chi connectivity index (χ4v) is 3.45. The molecule has 2 N–H and O–H groups in total. The molecule has 1 aromatic carbocycles. The Morgan fingerprint density at radius 2 is 2.08 bits per heavy atom. The van der Waals surface area contributed by atoms with Crippen LogP contribution in [0.5, 0.6) is 0 Å². The van der Waals surface area contributed by atoms with Gasteiger partial charge >= 0.3 is 0 Å². The van der Waals surface area contributed by atoms with Gasteiger partial charge in [-0.05, 0) is 37.8 Å². The second-order valence-electron chi connectivity index (χ2n) is 6.58. The van der Waals surface area contributed by atoms with Crippen molar-refractivity contribution in [1.82, 2.24) is 4.90 Å². The summed E-state index contributed by atoms with van der Waals surface area (Å²) in [4.78, 5) is 14.8. The van der Waals surface area contributed by atoms with Gasteiger partial charge in [0.05, 0.1) is 25.3 Å². The Bertz CT molecular complexity index is 569. The molecule has 1 aromatic rings. The van der Waals surface area contributed by atoms with Crippen molar-refractivity contribution in [2.75, 3.05) is 19.7 Å². The van der Waals surface area contributed by atoms with Crippen LogP contribution >= 0.6 is 12.4 Å². The topological polar surface area (TPSA) is 64.8 Å². The van der Waals surface area contributed by atoms with Crippen LogP contribution in [0.4, 0.5) is 0 Å². The van der Waals surface area contributed by atoms with E-state index in [1.54, 1.807) is 0 Å². The molecule has 24 heavy (non-hydrogen) atoms. The first kappa shape index (κ1) is 19.2. The summed E-state index contributed by atoms with van der Waals surface area (Å²) in [5.41, 5.74) is 8.00. The smallest absolute Gasteiger partial charge is 0.252 e. The number of hydrogen-bond acceptors (Lipinski definition) is 4. The van der Waals surface area contributed by atoms with Gasteiger partial charge in [0.2, 0.25) is 0 Å². The van der Waals surface area contributed by atoms with Gasteiger partial charge in [0.15, 0.2) is 0 Å². The van der Waals surface area contributed by atoms with E-state index >= 15 is 0 Å². The molecule has 2 heterocycles. The summed E-state index contributed by atoms with van der Waals surface area (Å²) in [5, 5.41) is 0. The van der Waals surface area contributed by atoms with Crippen LogP contribution in [0.2, 0.25) is 0 Å². The number of amides is 1. The van der Waals surface area contributed by atoms with Crippen molar-refractivity contribution in [3.8, 4) is 0 Å². The number of benzene rings is 1. The monoisotopic (exact) mass is 354 g/mol. The molecule has 3 rings (SSSR count). The Balaban J connectivity index is 0.00000208. The van der Waals surface area contributed by atoms with Crippen molar-refractivity contribution in [1.29, 1.82) is 0 Å². The van der Waals surface area contributed by atoms with Crippen molar-refractivity contribution in [3.05, 3.63) is 35.4 Å². The molecule has 2 fully saturated rings. The normalized spacial score (nSPS) is 30.0. The van der Waals surface area contributed by atoms with Crippen LogP contribution < -0.4 is 5.73 Å². The van der Waals surface area contributed by atoms with Crippen molar-refractivity contribution in [3.63, 3.8) is 0 Å². The van der Waals surface area contributed by atoms with Crippen LogP contribution in [0, 0.1) is 6.92 Å². The van der Waals surface area contributed by atoms with Gasteiger partial charge in [0.1, 0.15) is 12.2 Å². The van der Waals surface area contributed by atoms with E-state index < -0.39 is 0 Å². The summed E-state index contributed by atoms with van der Waals surface area (Å²) >= 11 is 0. The lowest BCUT2D eigenvalue weighted by Gasteiger charge is -2.39. The molecule has 0 spiro atoms. The molecule has 2 aliphatic rings. The highest BCUT2D eigenvalue weighted by Gasteiger charge is 2.38. The highest BCUT2D eigenvalue weighted by molar-refractivity contribution is 5.85. The second kappa shape index (κ2) is 8.30. The lowest BCUT2D eigenvalue weighted by Crippen LogP contribution is -2.51. The van der Waals surface area contributed by atoms with Gasteiger partial charge in [-0.15, -0.1) is 12.4 Å². The Morgan fingerprint density at radius 3 is 2.75 bits per heavy atom. The number of hydrogen-bond donors (Lipinski definition) is 1. The van der Waals surface area contributed by atoms with E-state index in [-0.39, 0.29) is 42.7 Å². The third-order valence-electron chi connectivity index (χ3n) is 4.90. The molecule has 0 aliphatic carbocycles. The van der Waals surface area contributed by atoms with Gasteiger partial charge in [0, 0.05) is 6.54 Å². The highest BCUT2D eigenvalue weighted by atomic mass is 35.5. The summed E-state index contributed by atoms with van der Waals surface area (Å²) in [6.07, 6.45) is 1.24. The van der Waals surface area contributed by atoms with Crippen LogP contribution in [-0.4, -0.2) is 48.8 Å². The zero-order valence-electron chi connectivity index (χ0n) is 14.3. The molecule has 4 atom stereocenters. The van der Waals surface area contributed by atoms with Crippen molar-refractivity contribution in [2.45, 2.75) is 51.0 Å². The quantitative estimate of drug-likeness (QED) is 0.903. The first-order valence-corrected chi connectivity index (χ1v) is 8.43. The molecule has 6 heteroatoms. The molecule has 2 aliphatic heterocycles. The lowest BCUT2D eigenvalue weighted by atomic mass is 10.0. The summed E-state index contributed by atoms with van der Waals surface area (Å²) in [7, 11) is 0. The van der Waals surface area contributed by atoms with Crippen LogP contribution in [-0.2, 0) is 14.3 Å². The molecule has 1 amide bonds. The fourth-order valence-electron chi connectivity index (χ4n) is 3.45. The Morgan fingerprint density at radius 1 is 1.33 bits per heavy atom. The highest BCUT2D eigenvalue weighted by Crippen LogP contribution is 2.29. The maximum absolute atomic E-state index is 12.8. The summed E-state index contributed by atoms with van der Waals surface area (Å²) in [6.45, 7) is 5.72. The molecule has 0 bridgehead atoms. The number of halogens is 1. The largest absolute Gasteiger partial charge is 0.370 e. The van der Waals surface area contributed by atoms with E-state index in [0.717, 1.165) is 18.4 Å². The number of nitrogens with zero attached hydrogens (tertiary/aromatic N) is 1. The Labute approximate surface area is 149 Å². The lowest BCUT2D eigenvalue weighted by molar-refractivity contribution is -0.155. The molecular weight excluding hydrogens is 328 g/mol. The first-order chi connectivity index (χ1) is 11.1. The molecule has 5 nitrogen and oxygen atoms in total. The number of rotatable bonds is 3. The summed E-state index contributed by atoms with van der Waals surface area (Å²) in [6, 6.07) is 8.27. The van der Waals surface area contributed by atoms with E-state index in [1.165, 1.54) is 5.56 Å². The third kappa shape index (κ3) is 3.91. The number of carbonyl (C=O) groups is 1. The average Bonchev–Trinajstić information content (AvgIpc) is 3.04. The minimum absolute atomic E-state index is 0.